The second kappa shape index (κ2) is 7.20. The zero-order chi connectivity index (χ0) is 11.9. The highest BCUT2D eigenvalue weighted by Crippen LogP contribution is 2.16. The van der Waals surface area contributed by atoms with Gasteiger partial charge in [0, 0.05) is 25.2 Å². The lowest BCUT2D eigenvalue weighted by Gasteiger charge is -2.35. The maximum Gasteiger partial charge on any atom is 0.0709 e. The number of rotatable bonds is 8. The van der Waals surface area contributed by atoms with Gasteiger partial charge in [-0.3, -0.25) is 0 Å². The average molecular weight is 216 g/mol. The van der Waals surface area contributed by atoms with Crippen molar-refractivity contribution in [2.45, 2.75) is 52.2 Å². The first-order valence-corrected chi connectivity index (χ1v) is 6.00. The molecule has 0 bridgehead atoms. The molecule has 0 rings (SSSR count). The van der Waals surface area contributed by atoms with E-state index < -0.39 is 0 Å². The van der Waals surface area contributed by atoms with E-state index >= 15 is 0 Å². The van der Waals surface area contributed by atoms with Crippen molar-refractivity contribution in [3.05, 3.63) is 0 Å². The molecule has 0 aliphatic carbocycles. The Morgan fingerprint density at radius 1 is 1.33 bits per heavy atom. The minimum Gasteiger partial charge on any atom is -0.377 e. The Hall–Kier alpha value is -0.120. The Labute approximate surface area is 95.0 Å². The van der Waals surface area contributed by atoms with E-state index in [2.05, 4.69) is 32.7 Å². The molecule has 0 radical (unpaired) electrons. The van der Waals surface area contributed by atoms with Crippen LogP contribution in [0.3, 0.4) is 0 Å². The topological polar surface area (TPSA) is 38.5 Å². The fourth-order valence-electron chi connectivity index (χ4n) is 1.42. The van der Waals surface area contributed by atoms with Gasteiger partial charge in [-0.25, -0.2) is 0 Å². The van der Waals surface area contributed by atoms with Crippen LogP contribution in [0.2, 0.25) is 0 Å². The highest BCUT2D eigenvalue weighted by atomic mass is 16.5. The molecule has 1 atom stereocenters. The molecule has 15 heavy (non-hydrogen) atoms. The highest BCUT2D eigenvalue weighted by molar-refractivity contribution is 4.78. The molecule has 0 saturated carbocycles. The SMILES string of the molecule is CCOC(CN)CCN(C)C(C)(C)CC. The summed E-state index contributed by atoms with van der Waals surface area (Å²) in [6.45, 7) is 11.2. The second-order valence-electron chi connectivity index (χ2n) is 4.69. The number of nitrogens with two attached hydrogens (primary N) is 1. The van der Waals surface area contributed by atoms with Gasteiger partial charge in [-0.05, 0) is 40.7 Å². The molecule has 0 spiro atoms. The van der Waals surface area contributed by atoms with Gasteiger partial charge in [-0.1, -0.05) is 6.92 Å². The van der Waals surface area contributed by atoms with E-state index in [1.807, 2.05) is 6.92 Å². The molecule has 3 heteroatoms. The molecule has 92 valence electrons. The molecular formula is C12H28N2O. The fourth-order valence-corrected chi connectivity index (χ4v) is 1.42. The zero-order valence-electron chi connectivity index (χ0n) is 11.0. The van der Waals surface area contributed by atoms with Crippen LogP contribution in [0, 0.1) is 0 Å². The van der Waals surface area contributed by atoms with Crippen LogP contribution in [-0.4, -0.2) is 43.3 Å². The molecule has 0 heterocycles. The summed E-state index contributed by atoms with van der Waals surface area (Å²) in [6, 6.07) is 0. The second-order valence-corrected chi connectivity index (χ2v) is 4.69. The quantitative estimate of drug-likeness (QED) is 0.673. The van der Waals surface area contributed by atoms with E-state index in [4.69, 9.17) is 10.5 Å². The summed E-state index contributed by atoms with van der Waals surface area (Å²) in [5.74, 6) is 0. The number of hydrogen-bond donors (Lipinski definition) is 1. The summed E-state index contributed by atoms with van der Waals surface area (Å²) in [5, 5.41) is 0. The summed E-state index contributed by atoms with van der Waals surface area (Å²) < 4.78 is 5.54. The van der Waals surface area contributed by atoms with Gasteiger partial charge in [0.05, 0.1) is 6.10 Å². The molecule has 0 fully saturated rings. The summed E-state index contributed by atoms with van der Waals surface area (Å²) in [5.41, 5.74) is 5.91. The Morgan fingerprint density at radius 2 is 1.93 bits per heavy atom. The van der Waals surface area contributed by atoms with Crippen LogP contribution in [0.1, 0.15) is 40.5 Å². The van der Waals surface area contributed by atoms with Crippen molar-refractivity contribution >= 4 is 0 Å². The van der Waals surface area contributed by atoms with E-state index in [1.54, 1.807) is 0 Å². The van der Waals surface area contributed by atoms with Gasteiger partial charge >= 0.3 is 0 Å². The molecule has 2 N–H and O–H groups in total. The molecule has 3 nitrogen and oxygen atoms in total. The molecule has 0 aliphatic rings. The minimum atomic E-state index is 0.213. The van der Waals surface area contributed by atoms with Crippen molar-refractivity contribution in [2.24, 2.45) is 5.73 Å². The van der Waals surface area contributed by atoms with Crippen LogP contribution in [0.5, 0.6) is 0 Å². The van der Waals surface area contributed by atoms with Crippen molar-refractivity contribution in [2.75, 3.05) is 26.7 Å². The fraction of sp³-hybridized carbons (Fsp3) is 1.00. The van der Waals surface area contributed by atoms with Crippen LogP contribution < -0.4 is 5.73 Å². The van der Waals surface area contributed by atoms with E-state index in [0.29, 0.717) is 6.54 Å². The lowest BCUT2D eigenvalue weighted by Crippen LogP contribution is -2.42. The van der Waals surface area contributed by atoms with Crippen LogP contribution >= 0.6 is 0 Å². The highest BCUT2D eigenvalue weighted by Gasteiger charge is 2.21. The molecule has 0 aromatic heterocycles. The molecule has 1 unspecified atom stereocenters. The van der Waals surface area contributed by atoms with Gasteiger partial charge in [-0.2, -0.15) is 0 Å². The summed E-state index contributed by atoms with van der Waals surface area (Å²) in [4.78, 5) is 2.38. The van der Waals surface area contributed by atoms with Crippen LogP contribution in [-0.2, 0) is 4.74 Å². The van der Waals surface area contributed by atoms with Gasteiger partial charge < -0.3 is 15.4 Å². The number of hydrogen-bond acceptors (Lipinski definition) is 3. The first kappa shape index (κ1) is 14.9. The molecule has 0 aromatic carbocycles. The van der Waals surface area contributed by atoms with Gasteiger partial charge in [0.15, 0.2) is 0 Å². The van der Waals surface area contributed by atoms with E-state index in [0.717, 1.165) is 26.0 Å². The Bertz CT molecular complexity index is 160. The zero-order valence-corrected chi connectivity index (χ0v) is 11.0. The molecular weight excluding hydrogens is 188 g/mol. The molecule has 0 aliphatic heterocycles. The first-order chi connectivity index (χ1) is 6.97. The van der Waals surface area contributed by atoms with Gasteiger partial charge in [0.25, 0.3) is 0 Å². The molecule has 0 aromatic rings. The van der Waals surface area contributed by atoms with Crippen molar-refractivity contribution in [3.8, 4) is 0 Å². The first-order valence-electron chi connectivity index (χ1n) is 6.00. The third kappa shape index (κ3) is 5.50. The lowest BCUT2D eigenvalue weighted by atomic mass is 9.99. The predicted molar refractivity (Wildman–Crippen MR) is 66.1 cm³/mol. The van der Waals surface area contributed by atoms with Crippen LogP contribution in [0.25, 0.3) is 0 Å². The van der Waals surface area contributed by atoms with Gasteiger partial charge in [0.1, 0.15) is 0 Å². The van der Waals surface area contributed by atoms with Crippen molar-refractivity contribution < 1.29 is 4.74 Å². The van der Waals surface area contributed by atoms with E-state index in [9.17, 15) is 0 Å². The van der Waals surface area contributed by atoms with Gasteiger partial charge in [0.2, 0.25) is 0 Å². The van der Waals surface area contributed by atoms with Crippen LogP contribution in [0.15, 0.2) is 0 Å². The normalized spacial score (nSPS) is 14.6. The summed E-state index contributed by atoms with van der Waals surface area (Å²) in [7, 11) is 2.17. The molecule has 0 amide bonds. The Kier molecular flexibility index (Phi) is 7.14. The van der Waals surface area contributed by atoms with Crippen molar-refractivity contribution in [3.63, 3.8) is 0 Å². The van der Waals surface area contributed by atoms with E-state index in [-0.39, 0.29) is 11.6 Å². The minimum absolute atomic E-state index is 0.213. The number of nitrogens with zero attached hydrogens (tertiary/aromatic N) is 1. The number of ether oxygens (including phenoxy) is 1. The van der Waals surface area contributed by atoms with Crippen molar-refractivity contribution in [1.29, 1.82) is 0 Å². The monoisotopic (exact) mass is 216 g/mol. The maximum absolute atomic E-state index is 5.64. The third-order valence-electron chi connectivity index (χ3n) is 3.35. The summed E-state index contributed by atoms with van der Waals surface area (Å²) in [6.07, 6.45) is 2.39. The maximum atomic E-state index is 5.64. The lowest BCUT2D eigenvalue weighted by molar-refractivity contribution is 0.0453. The Balaban J connectivity index is 3.92. The Morgan fingerprint density at radius 3 is 2.33 bits per heavy atom. The molecule has 0 saturated heterocycles. The van der Waals surface area contributed by atoms with E-state index in [1.165, 1.54) is 0 Å². The largest absolute Gasteiger partial charge is 0.377 e. The van der Waals surface area contributed by atoms with Crippen molar-refractivity contribution in [1.82, 2.24) is 4.90 Å². The standard InChI is InChI=1S/C12H28N2O/c1-6-12(3,4)14(5)9-8-11(10-13)15-7-2/h11H,6-10,13H2,1-5H3. The predicted octanol–water partition coefficient (Wildman–Crippen LogP) is 1.86. The summed E-state index contributed by atoms with van der Waals surface area (Å²) >= 11 is 0. The van der Waals surface area contributed by atoms with Gasteiger partial charge in [-0.15, -0.1) is 0 Å². The third-order valence-corrected chi connectivity index (χ3v) is 3.35. The van der Waals surface area contributed by atoms with Crippen LogP contribution in [0.4, 0.5) is 0 Å². The average Bonchev–Trinajstić information content (AvgIpc) is 2.23. The smallest absolute Gasteiger partial charge is 0.0709 e.